The second kappa shape index (κ2) is 9.49. The maximum Gasteiger partial charge on any atom is 0.339 e. The largest absolute Gasteiger partial charge is 0.452 e. The molecule has 10 heteroatoms. The van der Waals surface area contributed by atoms with Crippen molar-refractivity contribution in [2.24, 2.45) is 5.73 Å². The number of carbonyl (C=O) groups excluding carboxylic acids is 3. The summed E-state index contributed by atoms with van der Waals surface area (Å²) in [5.74, 6) is -1.59. The number of hydrogen-bond donors (Lipinski definition) is 2. The lowest BCUT2D eigenvalue weighted by atomic mass is 10.1. The first-order valence-electron chi connectivity index (χ1n) is 9.83. The molecule has 4 rings (SSSR count). The van der Waals surface area contributed by atoms with E-state index in [0.29, 0.717) is 28.3 Å². The van der Waals surface area contributed by atoms with E-state index in [1.165, 1.54) is 6.20 Å². The van der Waals surface area contributed by atoms with Gasteiger partial charge in [0.25, 0.3) is 5.91 Å². The smallest absolute Gasteiger partial charge is 0.339 e. The van der Waals surface area contributed by atoms with E-state index >= 15 is 0 Å². The number of hydrogen-bond acceptors (Lipinski definition) is 6. The van der Waals surface area contributed by atoms with Gasteiger partial charge in [-0.3, -0.25) is 10.1 Å². The van der Waals surface area contributed by atoms with E-state index in [1.54, 1.807) is 22.9 Å². The molecule has 0 aliphatic heterocycles. The molecule has 33 heavy (non-hydrogen) atoms. The summed E-state index contributed by atoms with van der Waals surface area (Å²) in [6.07, 6.45) is 1.52. The van der Waals surface area contributed by atoms with Gasteiger partial charge in [-0.15, -0.1) is 0 Å². The Kier molecular flexibility index (Phi) is 6.32. The molecule has 0 saturated heterocycles. The van der Waals surface area contributed by atoms with Gasteiger partial charge >= 0.3 is 12.0 Å². The molecule has 2 heterocycles. The fourth-order valence-electron chi connectivity index (χ4n) is 3.23. The van der Waals surface area contributed by atoms with Crippen molar-refractivity contribution in [1.82, 2.24) is 20.1 Å². The van der Waals surface area contributed by atoms with Crippen LogP contribution in [0.2, 0.25) is 5.02 Å². The van der Waals surface area contributed by atoms with Crippen LogP contribution in [0.15, 0.2) is 66.9 Å². The highest BCUT2D eigenvalue weighted by Gasteiger charge is 2.20. The average molecular weight is 464 g/mol. The minimum absolute atomic E-state index is 0.188. The van der Waals surface area contributed by atoms with Crippen molar-refractivity contribution in [3.8, 4) is 11.3 Å². The Hall–Kier alpha value is -4.24. The second-order valence-electron chi connectivity index (χ2n) is 7.08. The van der Waals surface area contributed by atoms with Crippen molar-refractivity contribution < 1.29 is 19.1 Å². The minimum Gasteiger partial charge on any atom is -0.452 e. The van der Waals surface area contributed by atoms with Gasteiger partial charge in [0.05, 0.1) is 29.4 Å². The first-order valence-corrected chi connectivity index (χ1v) is 10.2. The van der Waals surface area contributed by atoms with Crippen molar-refractivity contribution in [2.45, 2.75) is 6.54 Å². The van der Waals surface area contributed by atoms with Crippen LogP contribution in [0.5, 0.6) is 0 Å². The minimum atomic E-state index is -1.03. The maximum atomic E-state index is 12.8. The summed E-state index contributed by atoms with van der Waals surface area (Å²) in [6, 6.07) is 17.2. The molecule has 4 aromatic rings. The molecule has 0 fully saturated rings. The number of aromatic nitrogens is 3. The van der Waals surface area contributed by atoms with E-state index in [2.05, 4.69) is 5.10 Å². The molecular weight excluding hydrogens is 446 g/mol. The van der Waals surface area contributed by atoms with Gasteiger partial charge in [0.1, 0.15) is 0 Å². The quantitative estimate of drug-likeness (QED) is 0.422. The number of primary amides is 1. The van der Waals surface area contributed by atoms with Crippen LogP contribution in [-0.4, -0.2) is 39.3 Å². The maximum absolute atomic E-state index is 12.8. The lowest BCUT2D eigenvalue weighted by molar-refractivity contribution is -0.123. The normalized spacial score (nSPS) is 10.7. The first-order chi connectivity index (χ1) is 15.9. The highest BCUT2D eigenvalue weighted by Crippen LogP contribution is 2.26. The molecule has 0 saturated carbocycles. The van der Waals surface area contributed by atoms with Crippen molar-refractivity contribution in [2.75, 3.05) is 6.61 Å². The van der Waals surface area contributed by atoms with Gasteiger partial charge in [0.2, 0.25) is 0 Å². The standard InChI is InChI=1S/C23H18ClN5O4/c24-16-8-6-14(7-9-16)12-29-21-18(11-26-29)17(22(31)33-13-20(30)28-23(25)32)10-19(27-21)15-4-2-1-3-5-15/h1-11H,12-13H2,(H3,25,28,30,32). The third-order valence-electron chi connectivity index (χ3n) is 4.74. The summed E-state index contributed by atoms with van der Waals surface area (Å²) >= 11 is 5.97. The number of ether oxygens (including phenoxy) is 1. The zero-order valence-electron chi connectivity index (χ0n) is 17.2. The van der Waals surface area contributed by atoms with Crippen LogP contribution < -0.4 is 11.1 Å². The number of pyridine rings is 1. The number of nitrogens with zero attached hydrogens (tertiary/aromatic N) is 3. The Bertz CT molecular complexity index is 1340. The van der Waals surface area contributed by atoms with Gasteiger partial charge in [-0.05, 0) is 23.8 Å². The number of rotatable bonds is 6. The SMILES string of the molecule is NC(=O)NC(=O)COC(=O)c1cc(-c2ccccc2)nc2c1cnn2Cc1ccc(Cl)cc1. The lowest BCUT2D eigenvalue weighted by Crippen LogP contribution is -2.37. The van der Waals surface area contributed by atoms with E-state index in [1.807, 2.05) is 47.8 Å². The van der Waals surface area contributed by atoms with E-state index < -0.39 is 24.5 Å². The summed E-state index contributed by atoms with van der Waals surface area (Å²) in [6.45, 7) is -0.257. The van der Waals surface area contributed by atoms with Crippen LogP contribution in [0.4, 0.5) is 4.79 Å². The van der Waals surface area contributed by atoms with Crippen LogP contribution in [0.3, 0.4) is 0 Å². The number of imide groups is 1. The zero-order valence-corrected chi connectivity index (χ0v) is 18.0. The predicted molar refractivity (Wildman–Crippen MR) is 122 cm³/mol. The highest BCUT2D eigenvalue weighted by atomic mass is 35.5. The third-order valence-corrected chi connectivity index (χ3v) is 4.99. The van der Waals surface area contributed by atoms with Crippen molar-refractivity contribution in [3.05, 3.63) is 83.0 Å². The summed E-state index contributed by atoms with van der Waals surface area (Å²) in [5, 5.41) is 7.33. The number of amides is 3. The lowest BCUT2D eigenvalue weighted by Gasteiger charge is -2.09. The van der Waals surface area contributed by atoms with Crippen molar-refractivity contribution in [3.63, 3.8) is 0 Å². The Morgan fingerprint density at radius 1 is 1.06 bits per heavy atom. The Labute approximate surface area is 193 Å². The van der Waals surface area contributed by atoms with Gasteiger partial charge in [0, 0.05) is 10.6 Å². The molecule has 0 aliphatic rings. The number of carbonyl (C=O) groups is 3. The number of benzene rings is 2. The first kappa shape index (κ1) is 22.0. The molecule has 3 N–H and O–H groups in total. The molecule has 0 unspecified atom stereocenters. The average Bonchev–Trinajstić information content (AvgIpc) is 3.21. The fraction of sp³-hybridized carbons (Fsp3) is 0.0870. The van der Waals surface area contributed by atoms with E-state index in [0.717, 1.165) is 11.1 Å². The van der Waals surface area contributed by atoms with Crippen LogP contribution in [-0.2, 0) is 16.1 Å². The summed E-state index contributed by atoms with van der Waals surface area (Å²) < 4.78 is 6.76. The van der Waals surface area contributed by atoms with Crippen molar-refractivity contribution >= 4 is 40.5 Å². The van der Waals surface area contributed by atoms with Gasteiger partial charge in [-0.25, -0.2) is 19.3 Å². The van der Waals surface area contributed by atoms with Crippen LogP contribution in [0, 0.1) is 0 Å². The monoisotopic (exact) mass is 463 g/mol. The zero-order chi connectivity index (χ0) is 23.4. The van der Waals surface area contributed by atoms with Crippen LogP contribution >= 0.6 is 11.6 Å². The fourth-order valence-corrected chi connectivity index (χ4v) is 3.36. The van der Waals surface area contributed by atoms with E-state index in [9.17, 15) is 14.4 Å². The molecule has 2 aromatic carbocycles. The number of nitrogens with one attached hydrogen (secondary N) is 1. The molecule has 0 radical (unpaired) electrons. The third kappa shape index (κ3) is 5.16. The molecule has 166 valence electrons. The van der Waals surface area contributed by atoms with Gasteiger partial charge in [-0.1, -0.05) is 54.1 Å². The van der Waals surface area contributed by atoms with Crippen LogP contribution in [0.25, 0.3) is 22.3 Å². The highest BCUT2D eigenvalue weighted by molar-refractivity contribution is 6.30. The summed E-state index contributed by atoms with van der Waals surface area (Å²) in [5.41, 5.74) is 7.84. The number of fused-ring (bicyclic) bond motifs is 1. The summed E-state index contributed by atoms with van der Waals surface area (Å²) in [4.78, 5) is 40.0. The molecule has 9 nitrogen and oxygen atoms in total. The Morgan fingerprint density at radius 2 is 1.79 bits per heavy atom. The summed E-state index contributed by atoms with van der Waals surface area (Å²) in [7, 11) is 0. The number of nitrogens with two attached hydrogens (primary N) is 1. The molecule has 3 amide bonds. The second-order valence-corrected chi connectivity index (χ2v) is 7.51. The predicted octanol–water partition coefficient (Wildman–Crippen LogP) is 3.15. The Balaban J connectivity index is 1.72. The van der Waals surface area contributed by atoms with Gasteiger partial charge in [-0.2, -0.15) is 5.10 Å². The van der Waals surface area contributed by atoms with E-state index in [4.69, 9.17) is 27.1 Å². The van der Waals surface area contributed by atoms with Crippen LogP contribution in [0.1, 0.15) is 15.9 Å². The molecule has 0 aliphatic carbocycles. The van der Waals surface area contributed by atoms with E-state index in [-0.39, 0.29) is 5.56 Å². The molecule has 0 bridgehead atoms. The Morgan fingerprint density at radius 3 is 2.48 bits per heavy atom. The molecule has 2 aromatic heterocycles. The van der Waals surface area contributed by atoms with Gasteiger partial charge < -0.3 is 10.5 Å². The topological polar surface area (TPSA) is 129 Å². The van der Waals surface area contributed by atoms with Crippen molar-refractivity contribution in [1.29, 1.82) is 0 Å². The van der Waals surface area contributed by atoms with Gasteiger partial charge in [0.15, 0.2) is 12.3 Å². The number of esters is 1. The molecular formula is C23H18ClN5O4. The molecule has 0 spiro atoms. The molecule has 0 atom stereocenters. The number of urea groups is 1. The number of halogens is 1.